The molecular weight excluding hydrogens is 384 g/mol. The molecule has 1 N–H and O–H groups in total. The molecule has 9 heteroatoms. The summed E-state index contributed by atoms with van der Waals surface area (Å²) in [6.07, 6.45) is 0. The second-order valence-electron chi connectivity index (χ2n) is 6.52. The largest absolute Gasteiger partial charge is 0.327 e. The Labute approximate surface area is 165 Å². The molecule has 2 aromatic rings. The molecule has 0 aliphatic carbocycles. The van der Waals surface area contributed by atoms with E-state index in [1.165, 1.54) is 23.1 Å². The van der Waals surface area contributed by atoms with E-state index in [1.54, 1.807) is 42.3 Å². The van der Waals surface area contributed by atoms with E-state index < -0.39 is 11.0 Å². The van der Waals surface area contributed by atoms with Gasteiger partial charge in [-0.25, -0.2) is 4.79 Å². The SMILES string of the molecule is CN1C(=O)N[C@@H](c2cccc([N+](=O)[O-])c2)C2=C1CN(c1ccc(Cl)cc1)C2=O. The molecule has 0 bridgehead atoms. The molecule has 2 aliphatic rings. The van der Waals surface area contributed by atoms with Gasteiger partial charge in [0.25, 0.3) is 11.6 Å². The maximum Gasteiger partial charge on any atom is 0.322 e. The van der Waals surface area contributed by atoms with Crippen molar-refractivity contribution in [1.29, 1.82) is 0 Å². The normalized spacial score (nSPS) is 19.0. The number of carbonyl (C=O) groups is 2. The molecule has 28 heavy (non-hydrogen) atoms. The Hall–Kier alpha value is -3.39. The van der Waals surface area contributed by atoms with Crippen LogP contribution in [0.1, 0.15) is 11.6 Å². The maximum atomic E-state index is 13.2. The maximum absolute atomic E-state index is 13.2. The number of halogens is 1. The van der Waals surface area contributed by atoms with Crippen molar-refractivity contribution in [3.63, 3.8) is 0 Å². The first-order chi connectivity index (χ1) is 13.4. The van der Waals surface area contributed by atoms with Gasteiger partial charge in [0.15, 0.2) is 0 Å². The molecule has 142 valence electrons. The van der Waals surface area contributed by atoms with E-state index in [0.29, 0.717) is 27.5 Å². The van der Waals surface area contributed by atoms with E-state index in [1.807, 2.05) is 0 Å². The first-order valence-electron chi connectivity index (χ1n) is 8.46. The van der Waals surface area contributed by atoms with Crippen LogP contribution < -0.4 is 10.2 Å². The summed E-state index contributed by atoms with van der Waals surface area (Å²) < 4.78 is 0. The van der Waals surface area contributed by atoms with E-state index in [4.69, 9.17) is 11.6 Å². The third-order valence-electron chi connectivity index (χ3n) is 4.91. The fraction of sp³-hybridized carbons (Fsp3) is 0.158. The average Bonchev–Trinajstić information content (AvgIpc) is 3.03. The minimum atomic E-state index is -0.761. The number of nitrogens with one attached hydrogen (secondary N) is 1. The number of amides is 3. The Balaban J connectivity index is 1.76. The number of carbonyl (C=O) groups excluding carboxylic acids is 2. The van der Waals surface area contributed by atoms with Gasteiger partial charge in [0, 0.05) is 29.9 Å². The van der Waals surface area contributed by atoms with Crippen molar-refractivity contribution < 1.29 is 14.5 Å². The Bertz CT molecular complexity index is 1030. The number of likely N-dealkylation sites (N-methyl/N-ethyl adjacent to an activating group) is 1. The summed E-state index contributed by atoms with van der Waals surface area (Å²) in [6.45, 7) is 0.227. The molecule has 4 rings (SSSR count). The van der Waals surface area contributed by atoms with E-state index in [-0.39, 0.29) is 24.2 Å². The second-order valence-corrected chi connectivity index (χ2v) is 6.96. The quantitative estimate of drug-likeness (QED) is 0.634. The van der Waals surface area contributed by atoms with Gasteiger partial charge in [0.2, 0.25) is 0 Å². The van der Waals surface area contributed by atoms with E-state index in [2.05, 4.69) is 5.32 Å². The highest BCUT2D eigenvalue weighted by atomic mass is 35.5. The molecule has 0 radical (unpaired) electrons. The number of nitro groups is 1. The monoisotopic (exact) mass is 398 g/mol. The van der Waals surface area contributed by atoms with Gasteiger partial charge >= 0.3 is 6.03 Å². The van der Waals surface area contributed by atoms with Crippen LogP contribution in [0, 0.1) is 10.1 Å². The molecular formula is C19H15ClN4O4. The lowest BCUT2D eigenvalue weighted by Crippen LogP contribution is -2.45. The van der Waals surface area contributed by atoms with Gasteiger partial charge in [-0.15, -0.1) is 0 Å². The number of hydrogen-bond acceptors (Lipinski definition) is 4. The van der Waals surface area contributed by atoms with E-state index >= 15 is 0 Å². The fourth-order valence-electron chi connectivity index (χ4n) is 3.46. The number of nitro benzene ring substituents is 1. The van der Waals surface area contributed by atoms with Crippen LogP contribution in [-0.4, -0.2) is 35.4 Å². The summed E-state index contributed by atoms with van der Waals surface area (Å²) in [4.78, 5) is 39.2. The molecule has 0 saturated carbocycles. The van der Waals surface area contributed by atoms with Crippen LogP contribution >= 0.6 is 11.6 Å². The summed E-state index contributed by atoms with van der Waals surface area (Å²) >= 11 is 5.93. The van der Waals surface area contributed by atoms with Gasteiger partial charge < -0.3 is 10.2 Å². The second kappa shape index (κ2) is 6.65. The molecule has 0 saturated heterocycles. The van der Waals surface area contributed by atoms with Crippen molar-refractivity contribution in [2.75, 3.05) is 18.5 Å². The zero-order chi connectivity index (χ0) is 20.0. The van der Waals surface area contributed by atoms with Gasteiger partial charge in [-0.1, -0.05) is 23.7 Å². The topological polar surface area (TPSA) is 95.8 Å². The summed E-state index contributed by atoms with van der Waals surface area (Å²) in [5.74, 6) is -0.263. The van der Waals surface area contributed by atoms with Crippen molar-refractivity contribution in [2.24, 2.45) is 0 Å². The summed E-state index contributed by atoms with van der Waals surface area (Å²) in [5, 5.41) is 14.4. The zero-order valence-electron chi connectivity index (χ0n) is 14.8. The molecule has 2 heterocycles. The van der Waals surface area contributed by atoms with Crippen LogP contribution in [0.15, 0.2) is 59.8 Å². The standard InChI is InChI=1S/C19H15ClN4O4/c1-22-15-10-23(13-7-5-12(20)6-8-13)18(25)16(15)17(21-19(22)26)11-3-2-4-14(9-11)24(27)28/h2-9,17H,10H2,1H3,(H,21,26)/t17-/m0/s1. The minimum absolute atomic E-state index is 0.104. The molecule has 2 aliphatic heterocycles. The van der Waals surface area contributed by atoms with E-state index in [0.717, 1.165) is 0 Å². The van der Waals surface area contributed by atoms with Crippen LogP contribution in [0.5, 0.6) is 0 Å². The highest BCUT2D eigenvalue weighted by Crippen LogP contribution is 2.38. The first-order valence-corrected chi connectivity index (χ1v) is 8.83. The first kappa shape index (κ1) is 18.0. The number of benzene rings is 2. The van der Waals surface area contributed by atoms with Crippen LogP contribution in [0.3, 0.4) is 0 Å². The third-order valence-corrected chi connectivity index (χ3v) is 5.16. The van der Waals surface area contributed by atoms with E-state index in [9.17, 15) is 19.7 Å². The van der Waals surface area contributed by atoms with Gasteiger partial charge in [-0.3, -0.25) is 19.8 Å². The lowest BCUT2D eigenvalue weighted by molar-refractivity contribution is -0.384. The van der Waals surface area contributed by atoms with Gasteiger partial charge in [-0.05, 0) is 29.8 Å². The summed E-state index contributed by atoms with van der Waals surface area (Å²) in [7, 11) is 1.59. The van der Waals surface area contributed by atoms with Crippen molar-refractivity contribution in [3.05, 3.63) is 80.5 Å². The summed E-state index contributed by atoms with van der Waals surface area (Å²) in [6, 6.07) is 11.6. The molecule has 3 amide bonds. The molecule has 1 atom stereocenters. The van der Waals surface area contributed by atoms with Gasteiger partial charge in [-0.2, -0.15) is 0 Å². The van der Waals surface area contributed by atoms with Crippen LogP contribution in [0.4, 0.5) is 16.2 Å². The lowest BCUT2D eigenvalue weighted by Gasteiger charge is -2.30. The Kier molecular flexibility index (Phi) is 4.27. The predicted molar refractivity (Wildman–Crippen MR) is 103 cm³/mol. The minimum Gasteiger partial charge on any atom is -0.327 e. The summed E-state index contributed by atoms with van der Waals surface area (Å²) in [5.41, 5.74) is 2.00. The molecule has 0 unspecified atom stereocenters. The molecule has 0 fully saturated rings. The number of nitrogens with zero attached hydrogens (tertiary/aromatic N) is 3. The van der Waals surface area contributed by atoms with Crippen LogP contribution in [0.25, 0.3) is 0 Å². The van der Waals surface area contributed by atoms with Crippen LogP contribution in [0.2, 0.25) is 5.02 Å². The predicted octanol–water partition coefficient (Wildman–Crippen LogP) is 3.25. The smallest absolute Gasteiger partial charge is 0.322 e. The zero-order valence-corrected chi connectivity index (χ0v) is 15.5. The number of rotatable bonds is 3. The highest BCUT2D eigenvalue weighted by molar-refractivity contribution is 6.30. The number of hydrogen-bond donors (Lipinski definition) is 1. The van der Waals surface area contributed by atoms with Crippen LogP contribution in [-0.2, 0) is 4.79 Å². The van der Waals surface area contributed by atoms with Crippen molar-refractivity contribution >= 4 is 34.9 Å². The molecule has 0 spiro atoms. The number of anilines is 1. The van der Waals surface area contributed by atoms with Gasteiger partial charge in [0.05, 0.1) is 28.8 Å². The highest BCUT2D eigenvalue weighted by Gasteiger charge is 2.43. The van der Waals surface area contributed by atoms with Crippen molar-refractivity contribution in [3.8, 4) is 0 Å². The van der Waals surface area contributed by atoms with Crippen molar-refractivity contribution in [2.45, 2.75) is 6.04 Å². The third kappa shape index (κ3) is 2.87. The Morgan fingerprint density at radius 1 is 1.18 bits per heavy atom. The lowest BCUT2D eigenvalue weighted by atomic mass is 9.95. The Morgan fingerprint density at radius 2 is 1.89 bits per heavy atom. The Morgan fingerprint density at radius 3 is 2.57 bits per heavy atom. The molecule has 0 aromatic heterocycles. The molecule has 2 aromatic carbocycles. The van der Waals surface area contributed by atoms with Gasteiger partial charge in [0.1, 0.15) is 0 Å². The molecule has 8 nitrogen and oxygen atoms in total. The fourth-order valence-corrected chi connectivity index (χ4v) is 3.59. The average molecular weight is 399 g/mol. The number of urea groups is 1. The van der Waals surface area contributed by atoms with Crippen molar-refractivity contribution in [1.82, 2.24) is 10.2 Å². The number of non-ortho nitro benzene ring substituents is 1.